The molecule has 2 aromatic rings. The average molecular weight is 305 g/mol. The maximum atomic E-state index is 12.9. The van der Waals surface area contributed by atoms with Crippen LogP contribution < -0.4 is 4.90 Å². The fraction of sp³-hybridized carbons (Fsp3) is 0.263. The van der Waals surface area contributed by atoms with Crippen LogP contribution in [0.1, 0.15) is 6.42 Å². The summed E-state index contributed by atoms with van der Waals surface area (Å²) < 4.78 is 0. The van der Waals surface area contributed by atoms with Gasteiger partial charge in [0.05, 0.1) is 17.5 Å². The van der Waals surface area contributed by atoms with Crippen molar-refractivity contribution in [2.24, 2.45) is 23.7 Å². The molecule has 1 saturated heterocycles. The molecule has 1 N–H and O–H groups in total. The Balaban J connectivity index is 1.68. The van der Waals surface area contributed by atoms with Crippen LogP contribution in [0.5, 0.6) is 5.75 Å². The van der Waals surface area contributed by atoms with Crippen molar-refractivity contribution in [3.05, 3.63) is 48.6 Å². The molecule has 2 fully saturated rings. The predicted molar refractivity (Wildman–Crippen MR) is 85.8 cm³/mol. The molecule has 2 aliphatic carbocycles. The number of anilines is 1. The van der Waals surface area contributed by atoms with Gasteiger partial charge in [0.1, 0.15) is 5.75 Å². The van der Waals surface area contributed by atoms with Crippen molar-refractivity contribution in [2.45, 2.75) is 6.42 Å². The zero-order valence-corrected chi connectivity index (χ0v) is 12.3. The van der Waals surface area contributed by atoms with Crippen LogP contribution in [0.3, 0.4) is 0 Å². The van der Waals surface area contributed by atoms with Gasteiger partial charge in [0.15, 0.2) is 0 Å². The Bertz CT molecular complexity index is 871. The Morgan fingerprint density at radius 1 is 0.957 bits per heavy atom. The minimum atomic E-state index is -0.204. The molecular weight excluding hydrogens is 290 g/mol. The van der Waals surface area contributed by atoms with Gasteiger partial charge in [-0.15, -0.1) is 0 Å². The van der Waals surface area contributed by atoms with Gasteiger partial charge in [-0.3, -0.25) is 9.59 Å². The first-order valence-electron chi connectivity index (χ1n) is 7.93. The first kappa shape index (κ1) is 12.9. The van der Waals surface area contributed by atoms with Crippen LogP contribution in [0.15, 0.2) is 48.6 Å². The Hall–Kier alpha value is -2.62. The number of imide groups is 1. The van der Waals surface area contributed by atoms with E-state index in [1.807, 2.05) is 12.1 Å². The normalized spacial score (nSPS) is 31.4. The number of carbonyl (C=O) groups is 2. The first-order valence-corrected chi connectivity index (χ1v) is 7.93. The van der Waals surface area contributed by atoms with Gasteiger partial charge in [0.25, 0.3) is 0 Å². The number of nitrogens with zero attached hydrogens (tertiary/aromatic N) is 1. The van der Waals surface area contributed by atoms with Crippen molar-refractivity contribution < 1.29 is 14.7 Å². The second-order valence-electron chi connectivity index (χ2n) is 6.69. The van der Waals surface area contributed by atoms with E-state index in [0.29, 0.717) is 5.69 Å². The highest BCUT2D eigenvalue weighted by molar-refractivity contribution is 6.25. The van der Waals surface area contributed by atoms with Crippen molar-refractivity contribution in [1.82, 2.24) is 0 Å². The molecule has 5 rings (SSSR count). The van der Waals surface area contributed by atoms with E-state index in [1.54, 1.807) is 24.3 Å². The van der Waals surface area contributed by atoms with E-state index in [-0.39, 0.29) is 41.2 Å². The van der Waals surface area contributed by atoms with Gasteiger partial charge in [-0.1, -0.05) is 30.4 Å². The molecule has 4 unspecified atom stereocenters. The van der Waals surface area contributed by atoms with E-state index in [2.05, 4.69) is 12.2 Å². The summed E-state index contributed by atoms with van der Waals surface area (Å²) in [5, 5.41) is 11.4. The second-order valence-corrected chi connectivity index (χ2v) is 6.69. The van der Waals surface area contributed by atoms with Gasteiger partial charge in [-0.05, 0) is 41.8 Å². The maximum Gasteiger partial charge on any atom is 0.238 e. The summed E-state index contributed by atoms with van der Waals surface area (Å²) in [6.45, 7) is 0. The first-order chi connectivity index (χ1) is 11.1. The zero-order valence-electron chi connectivity index (χ0n) is 12.3. The third-order valence-corrected chi connectivity index (χ3v) is 5.55. The highest BCUT2D eigenvalue weighted by atomic mass is 16.3. The second kappa shape index (κ2) is 4.22. The molecule has 0 radical (unpaired) electrons. The summed E-state index contributed by atoms with van der Waals surface area (Å²) in [5.41, 5.74) is 0.585. The monoisotopic (exact) mass is 305 g/mol. The lowest BCUT2D eigenvalue weighted by atomic mass is 9.85. The van der Waals surface area contributed by atoms with E-state index in [9.17, 15) is 14.7 Å². The molecule has 23 heavy (non-hydrogen) atoms. The lowest BCUT2D eigenvalue weighted by Crippen LogP contribution is -2.33. The smallest absolute Gasteiger partial charge is 0.238 e. The number of rotatable bonds is 1. The third-order valence-electron chi connectivity index (χ3n) is 5.55. The molecule has 1 heterocycles. The summed E-state index contributed by atoms with van der Waals surface area (Å²) in [6.07, 6.45) is 5.11. The average Bonchev–Trinajstić information content (AvgIpc) is 3.21. The van der Waals surface area contributed by atoms with Gasteiger partial charge in [-0.25, -0.2) is 4.90 Å². The van der Waals surface area contributed by atoms with Gasteiger partial charge in [0.2, 0.25) is 11.8 Å². The van der Waals surface area contributed by atoms with Crippen molar-refractivity contribution in [1.29, 1.82) is 0 Å². The highest BCUT2D eigenvalue weighted by Gasteiger charge is 2.59. The summed E-state index contributed by atoms with van der Waals surface area (Å²) in [5.74, 6) is -0.0499. The Kier molecular flexibility index (Phi) is 2.36. The molecule has 114 valence electrons. The molecule has 0 spiro atoms. The number of allylic oxidation sites excluding steroid dienone is 2. The van der Waals surface area contributed by atoms with Crippen LogP contribution in [-0.4, -0.2) is 16.9 Å². The van der Waals surface area contributed by atoms with E-state index in [0.717, 1.165) is 17.2 Å². The molecule has 1 saturated carbocycles. The zero-order chi connectivity index (χ0) is 15.7. The Morgan fingerprint density at radius 3 is 2.35 bits per heavy atom. The molecule has 0 aromatic heterocycles. The molecular formula is C19H15NO3. The lowest BCUT2D eigenvalue weighted by Gasteiger charge is -2.19. The maximum absolute atomic E-state index is 12.9. The number of carbonyl (C=O) groups excluding carboxylic acids is 2. The molecule has 4 atom stereocenters. The van der Waals surface area contributed by atoms with Crippen molar-refractivity contribution >= 4 is 28.3 Å². The number of amides is 2. The number of fused-ring (bicyclic) bond motifs is 6. The van der Waals surface area contributed by atoms with Crippen LogP contribution in [0.2, 0.25) is 0 Å². The number of hydrogen-bond acceptors (Lipinski definition) is 3. The molecule has 1 aliphatic heterocycles. The Labute approximate surface area is 133 Å². The van der Waals surface area contributed by atoms with E-state index in [4.69, 9.17) is 0 Å². The van der Waals surface area contributed by atoms with Crippen LogP contribution in [0.4, 0.5) is 5.69 Å². The van der Waals surface area contributed by atoms with Crippen molar-refractivity contribution in [3.8, 4) is 5.75 Å². The molecule has 2 bridgehead atoms. The molecule has 4 nitrogen and oxygen atoms in total. The van der Waals surface area contributed by atoms with Crippen LogP contribution in [0, 0.1) is 23.7 Å². The Morgan fingerprint density at radius 2 is 1.65 bits per heavy atom. The van der Waals surface area contributed by atoms with E-state index in [1.165, 1.54) is 4.90 Å². The SMILES string of the molecule is O=C1C2C3C=CC(C3)C2C(=O)N1c1cccc2ccc(O)cc12. The number of hydrogen-bond donors (Lipinski definition) is 1. The van der Waals surface area contributed by atoms with Crippen LogP contribution >= 0.6 is 0 Å². The topological polar surface area (TPSA) is 57.6 Å². The number of phenolic OH excluding ortho intramolecular Hbond substituents is 1. The van der Waals surface area contributed by atoms with Gasteiger partial charge < -0.3 is 5.11 Å². The summed E-state index contributed by atoms with van der Waals surface area (Å²) >= 11 is 0. The molecule has 3 aliphatic rings. The summed E-state index contributed by atoms with van der Waals surface area (Å²) in [7, 11) is 0. The van der Waals surface area contributed by atoms with E-state index < -0.39 is 0 Å². The third kappa shape index (κ3) is 1.55. The van der Waals surface area contributed by atoms with Gasteiger partial charge in [0, 0.05) is 5.39 Å². The standard InChI is InChI=1S/C19H15NO3/c21-13-7-6-10-2-1-3-15(14(10)9-13)20-18(22)16-11-4-5-12(8-11)17(16)19(20)23/h1-7,9,11-12,16-17,21H,8H2. The van der Waals surface area contributed by atoms with Crippen LogP contribution in [0.25, 0.3) is 10.8 Å². The summed E-state index contributed by atoms with van der Waals surface area (Å²) in [4.78, 5) is 27.2. The number of aromatic hydroxyl groups is 1. The fourth-order valence-corrected chi connectivity index (χ4v) is 4.58. The van der Waals surface area contributed by atoms with Gasteiger partial charge in [-0.2, -0.15) is 0 Å². The molecule has 2 aromatic carbocycles. The van der Waals surface area contributed by atoms with E-state index >= 15 is 0 Å². The highest BCUT2D eigenvalue weighted by Crippen LogP contribution is 2.53. The number of phenols is 1. The minimum Gasteiger partial charge on any atom is -0.508 e. The fourth-order valence-electron chi connectivity index (χ4n) is 4.58. The van der Waals surface area contributed by atoms with Crippen LogP contribution in [-0.2, 0) is 9.59 Å². The minimum absolute atomic E-state index is 0.0901. The lowest BCUT2D eigenvalue weighted by molar-refractivity contribution is -0.123. The van der Waals surface area contributed by atoms with Crippen molar-refractivity contribution in [2.75, 3.05) is 4.90 Å². The van der Waals surface area contributed by atoms with Gasteiger partial charge >= 0.3 is 0 Å². The summed E-state index contributed by atoms with van der Waals surface area (Å²) in [6, 6.07) is 10.6. The largest absolute Gasteiger partial charge is 0.508 e. The van der Waals surface area contributed by atoms with Crippen molar-refractivity contribution in [3.63, 3.8) is 0 Å². The predicted octanol–water partition coefficient (Wildman–Crippen LogP) is 2.86. The molecule has 2 amide bonds. The number of benzene rings is 2. The molecule has 4 heteroatoms. The quantitative estimate of drug-likeness (QED) is 0.651.